The van der Waals surface area contributed by atoms with Crippen LogP contribution >= 0.6 is 28.1 Å². The van der Waals surface area contributed by atoms with Crippen molar-refractivity contribution in [3.63, 3.8) is 0 Å². The Morgan fingerprint density at radius 2 is 2.20 bits per heavy atom. The third-order valence-corrected chi connectivity index (χ3v) is 3.71. The van der Waals surface area contributed by atoms with E-state index < -0.39 is 5.83 Å². The number of benzene rings is 1. The van der Waals surface area contributed by atoms with Crippen LogP contribution in [0.25, 0.3) is 0 Å². The summed E-state index contributed by atoms with van der Waals surface area (Å²) in [5.41, 5.74) is 0.322. The Kier molecular flexibility index (Phi) is 4.49. The first kappa shape index (κ1) is 15.1. The van der Waals surface area contributed by atoms with E-state index in [1.807, 2.05) is 0 Å². The summed E-state index contributed by atoms with van der Waals surface area (Å²) in [6.45, 7) is 1.62. The van der Waals surface area contributed by atoms with Crippen molar-refractivity contribution in [2.45, 2.75) is 13.0 Å². The van der Waals surface area contributed by atoms with Crippen molar-refractivity contribution in [3.8, 4) is 0 Å². The Bertz CT molecular complexity index is 616. The van der Waals surface area contributed by atoms with Gasteiger partial charge in [-0.1, -0.05) is 28.1 Å². The van der Waals surface area contributed by atoms with Crippen molar-refractivity contribution >= 4 is 38.8 Å². The Morgan fingerprint density at radius 3 is 2.80 bits per heavy atom. The Balaban J connectivity index is 2.26. The van der Waals surface area contributed by atoms with Crippen molar-refractivity contribution in [2.75, 3.05) is 6.54 Å². The lowest BCUT2D eigenvalue weighted by atomic mass is 10.0. The molecular weight excluding hydrogens is 348 g/mol. The monoisotopic (exact) mass is 359 g/mol. The van der Waals surface area contributed by atoms with Gasteiger partial charge in [-0.3, -0.25) is 0 Å². The maximum Gasteiger partial charge on any atom is 0.169 e. The fourth-order valence-corrected chi connectivity index (χ4v) is 2.58. The molecule has 0 spiro atoms. The van der Waals surface area contributed by atoms with Crippen molar-refractivity contribution in [2.24, 2.45) is 0 Å². The van der Waals surface area contributed by atoms with Crippen LogP contribution in [-0.4, -0.2) is 17.2 Å². The van der Waals surface area contributed by atoms with Crippen molar-refractivity contribution in [1.82, 2.24) is 10.6 Å². The first-order chi connectivity index (χ1) is 9.40. The van der Waals surface area contributed by atoms with E-state index in [-0.39, 0.29) is 34.8 Å². The second-order valence-corrected chi connectivity index (χ2v) is 5.71. The van der Waals surface area contributed by atoms with Crippen LogP contribution in [0.5, 0.6) is 0 Å². The molecule has 0 aliphatic carbocycles. The number of halogens is 3. The fraction of sp³-hybridized carbons (Fsp3) is 0.231. The van der Waals surface area contributed by atoms with Crippen LogP contribution in [0.2, 0.25) is 0 Å². The largest absolute Gasteiger partial charge is 0.378 e. The summed E-state index contributed by atoms with van der Waals surface area (Å²) in [6, 6.07) is 4.24. The van der Waals surface area contributed by atoms with Crippen LogP contribution in [0, 0.1) is 11.2 Å². The van der Waals surface area contributed by atoms with Gasteiger partial charge in [0.1, 0.15) is 16.5 Å². The van der Waals surface area contributed by atoms with Crippen LogP contribution in [0.4, 0.5) is 8.78 Å². The Hall–Kier alpha value is -1.34. The first-order valence-electron chi connectivity index (χ1n) is 5.85. The van der Waals surface area contributed by atoms with Crippen LogP contribution in [0.3, 0.4) is 0 Å². The number of piperazine rings is 1. The van der Waals surface area contributed by atoms with Gasteiger partial charge in [0.05, 0.1) is 11.8 Å². The molecule has 1 aromatic rings. The van der Waals surface area contributed by atoms with E-state index in [0.29, 0.717) is 5.56 Å². The van der Waals surface area contributed by atoms with E-state index in [1.54, 1.807) is 12.1 Å². The lowest BCUT2D eigenvalue weighted by Gasteiger charge is -2.29. The zero-order valence-corrected chi connectivity index (χ0v) is 13.0. The highest BCUT2D eigenvalue weighted by Gasteiger charge is 2.26. The standard InChI is InChI=1S/C13H12BrF2N3S/c1-6(17)11(16)12-13(20)19-10(5-18-12)8-4-7(14)2-3-9(8)15/h2-4,10,17-18H,5H2,1H3,(H,19,20)/b12-11+,17-6?. The predicted octanol–water partition coefficient (Wildman–Crippen LogP) is 3.37. The van der Waals surface area contributed by atoms with E-state index >= 15 is 0 Å². The van der Waals surface area contributed by atoms with Crippen molar-refractivity contribution in [1.29, 1.82) is 5.41 Å². The summed E-state index contributed by atoms with van der Waals surface area (Å²) in [6.07, 6.45) is 0. The highest BCUT2D eigenvalue weighted by molar-refractivity contribution is 9.10. The molecule has 106 valence electrons. The van der Waals surface area contributed by atoms with Gasteiger partial charge in [-0.15, -0.1) is 0 Å². The molecule has 0 radical (unpaired) electrons. The van der Waals surface area contributed by atoms with Gasteiger partial charge in [0.2, 0.25) is 0 Å². The molecule has 1 atom stereocenters. The van der Waals surface area contributed by atoms with E-state index in [4.69, 9.17) is 17.6 Å². The van der Waals surface area contributed by atoms with Gasteiger partial charge in [-0.05, 0) is 25.1 Å². The molecule has 1 aliphatic rings. The lowest BCUT2D eigenvalue weighted by Crippen LogP contribution is -2.45. The van der Waals surface area contributed by atoms with Gasteiger partial charge in [-0.25, -0.2) is 8.78 Å². The Morgan fingerprint density at radius 1 is 1.50 bits per heavy atom. The summed E-state index contributed by atoms with van der Waals surface area (Å²) in [7, 11) is 0. The third kappa shape index (κ3) is 3.04. The number of nitrogens with one attached hydrogen (secondary N) is 3. The summed E-state index contributed by atoms with van der Waals surface area (Å²) in [5.74, 6) is -1.05. The summed E-state index contributed by atoms with van der Waals surface area (Å²) >= 11 is 8.36. The number of allylic oxidation sites excluding steroid dienone is 1. The molecule has 3 nitrogen and oxygen atoms in total. The van der Waals surface area contributed by atoms with Gasteiger partial charge in [0.15, 0.2) is 5.83 Å². The Labute approximate surface area is 129 Å². The van der Waals surface area contributed by atoms with Gasteiger partial charge in [-0.2, -0.15) is 0 Å². The number of hydrogen-bond donors (Lipinski definition) is 3. The molecule has 0 saturated carbocycles. The fourth-order valence-electron chi connectivity index (χ4n) is 1.90. The molecule has 1 aliphatic heterocycles. The van der Waals surface area contributed by atoms with E-state index in [1.165, 1.54) is 13.0 Å². The van der Waals surface area contributed by atoms with Gasteiger partial charge >= 0.3 is 0 Å². The highest BCUT2D eigenvalue weighted by Crippen LogP contribution is 2.24. The van der Waals surface area contributed by atoms with Gasteiger partial charge < -0.3 is 16.0 Å². The molecule has 3 N–H and O–H groups in total. The molecule has 20 heavy (non-hydrogen) atoms. The topological polar surface area (TPSA) is 47.9 Å². The van der Waals surface area contributed by atoms with Crippen LogP contribution in [0.15, 0.2) is 34.2 Å². The van der Waals surface area contributed by atoms with Crippen molar-refractivity contribution < 1.29 is 8.78 Å². The third-order valence-electron chi connectivity index (χ3n) is 2.90. The summed E-state index contributed by atoms with van der Waals surface area (Å²) < 4.78 is 28.3. The molecular formula is C13H12BrF2N3S. The normalized spacial score (nSPS) is 21.0. The predicted molar refractivity (Wildman–Crippen MR) is 82.1 cm³/mol. The molecule has 1 fully saturated rings. The average Bonchev–Trinajstić information content (AvgIpc) is 2.40. The molecule has 0 aromatic heterocycles. The minimum absolute atomic E-state index is 0.0826. The van der Waals surface area contributed by atoms with Crippen LogP contribution in [-0.2, 0) is 0 Å². The second kappa shape index (κ2) is 5.97. The summed E-state index contributed by atoms with van der Waals surface area (Å²) in [5, 5.41) is 13.0. The maximum atomic E-state index is 13.8. The number of hydrogen-bond acceptors (Lipinski definition) is 3. The minimum atomic E-state index is -0.698. The molecule has 1 aromatic carbocycles. The van der Waals surface area contributed by atoms with Crippen molar-refractivity contribution in [3.05, 3.63) is 45.6 Å². The molecule has 1 unspecified atom stereocenters. The molecule has 0 bridgehead atoms. The molecule has 0 amide bonds. The zero-order chi connectivity index (χ0) is 14.9. The first-order valence-corrected chi connectivity index (χ1v) is 7.05. The summed E-state index contributed by atoms with van der Waals surface area (Å²) in [4.78, 5) is 0.143. The van der Waals surface area contributed by atoms with E-state index in [9.17, 15) is 8.78 Å². The molecule has 2 rings (SSSR count). The van der Waals surface area contributed by atoms with Gasteiger partial charge in [0.25, 0.3) is 0 Å². The molecule has 1 saturated heterocycles. The molecule has 7 heteroatoms. The maximum absolute atomic E-state index is 13.8. The van der Waals surface area contributed by atoms with E-state index in [0.717, 1.165) is 4.47 Å². The smallest absolute Gasteiger partial charge is 0.169 e. The van der Waals surface area contributed by atoms with Crippen LogP contribution in [0.1, 0.15) is 18.5 Å². The minimum Gasteiger partial charge on any atom is -0.378 e. The lowest BCUT2D eigenvalue weighted by molar-refractivity contribution is 0.522. The van der Waals surface area contributed by atoms with Gasteiger partial charge in [0, 0.05) is 16.6 Å². The second-order valence-electron chi connectivity index (χ2n) is 4.39. The number of rotatable bonds is 2. The number of thiocarbonyl (C=S) groups is 1. The highest BCUT2D eigenvalue weighted by atomic mass is 79.9. The zero-order valence-electron chi connectivity index (χ0n) is 10.6. The molecule has 1 heterocycles. The van der Waals surface area contributed by atoms with Crippen LogP contribution < -0.4 is 10.6 Å². The SMILES string of the molecule is CC(=N)/C(F)=C1\NCC(c2cc(Br)ccc2F)NC1=S. The quantitative estimate of drug-likeness (QED) is 0.431. The van der Waals surface area contributed by atoms with E-state index in [2.05, 4.69) is 26.6 Å². The average molecular weight is 360 g/mol.